The maximum absolute atomic E-state index is 5.97. The lowest BCUT2D eigenvalue weighted by atomic mass is 9.91. The minimum absolute atomic E-state index is 0.0636. The highest BCUT2D eigenvalue weighted by Crippen LogP contribution is 2.34. The molecule has 2 aliphatic heterocycles. The molecule has 4 nitrogen and oxygen atoms in total. The van der Waals surface area contributed by atoms with Gasteiger partial charge in [-0.05, 0) is 12.8 Å². The van der Waals surface area contributed by atoms with E-state index in [-0.39, 0.29) is 5.60 Å². The Hall–Kier alpha value is -0.160. The van der Waals surface area contributed by atoms with Crippen molar-refractivity contribution in [1.82, 2.24) is 4.90 Å². The molecule has 0 unspecified atom stereocenters. The summed E-state index contributed by atoms with van der Waals surface area (Å²) in [5.41, 5.74) is 5.64. The number of nitrogens with two attached hydrogens (primary N) is 1. The molecule has 0 aromatic heterocycles. The zero-order valence-corrected chi connectivity index (χ0v) is 9.58. The molecular formula is C11H22N2O2. The second-order valence-electron chi connectivity index (χ2n) is 4.70. The molecule has 2 aliphatic rings. The van der Waals surface area contributed by atoms with Crippen molar-refractivity contribution < 1.29 is 9.47 Å². The van der Waals surface area contributed by atoms with Crippen molar-refractivity contribution in [3.63, 3.8) is 0 Å². The summed E-state index contributed by atoms with van der Waals surface area (Å²) in [6.07, 6.45) is 3.60. The van der Waals surface area contributed by atoms with Gasteiger partial charge in [0.25, 0.3) is 0 Å². The number of methoxy groups -OCH3 is 1. The van der Waals surface area contributed by atoms with Crippen LogP contribution in [0.3, 0.4) is 0 Å². The van der Waals surface area contributed by atoms with Crippen LogP contribution >= 0.6 is 0 Å². The molecule has 2 fully saturated rings. The lowest BCUT2D eigenvalue weighted by Crippen LogP contribution is -2.45. The topological polar surface area (TPSA) is 47.7 Å². The van der Waals surface area contributed by atoms with Crippen LogP contribution in [0.1, 0.15) is 19.3 Å². The fourth-order valence-electron chi connectivity index (χ4n) is 2.77. The molecule has 15 heavy (non-hydrogen) atoms. The van der Waals surface area contributed by atoms with Crippen molar-refractivity contribution in [1.29, 1.82) is 0 Å². The van der Waals surface area contributed by atoms with E-state index in [1.54, 1.807) is 7.11 Å². The highest BCUT2D eigenvalue weighted by molar-refractivity contribution is 4.95. The lowest BCUT2D eigenvalue weighted by Gasteiger charge is -2.37. The molecular weight excluding hydrogens is 192 g/mol. The van der Waals surface area contributed by atoms with E-state index in [0.717, 1.165) is 52.0 Å². The standard InChI is InChI=1S/C11H22N2O2/c1-14-10-2-7-15-11(8-10)3-5-13(9-11)6-4-12/h10H,2-9,12H2,1H3/t10-,11-/m0/s1. The van der Waals surface area contributed by atoms with E-state index in [2.05, 4.69) is 4.90 Å². The number of ether oxygens (including phenoxy) is 2. The molecule has 2 N–H and O–H groups in total. The third-order valence-corrected chi connectivity index (χ3v) is 3.62. The van der Waals surface area contributed by atoms with Crippen LogP contribution in [0.5, 0.6) is 0 Å². The molecule has 0 aliphatic carbocycles. The van der Waals surface area contributed by atoms with Crippen LogP contribution in [0.25, 0.3) is 0 Å². The molecule has 4 heteroatoms. The third-order valence-electron chi connectivity index (χ3n) is 3.62. The van der Waals surface area contributed by atoms with Crippen molar-refractivity contribution in [2.24, 2.45) is 5.73 Å². The Morgan fingerprint density at radius 2 is 2.47 bits per heavy atom. The average molecular weight is 214 g/mol. The molecule has 0 saturated carbocycles. The van der Waals surface area contributed by atoms with E-state index in [1.165, 1.54) is 0 Å². The number of nitrogens with zero attached hydrogens (tertiary/aromatic N) is 1. The largest absolute Gasteiger partial charge is 0.381 e. The summed E-state index contributed by atoms with van der Waals surface area (Å²) in [6, 6.07) is 0. The van der Waals surface area contributed by atoms with Gasteiger partial charge in [-0.1, -0.05) is 0 Å². The second kappa shape index (κ2) is 4.78. The van der Waals surface area contributed by atoms with Gasteiger partial charge in [0.15, 0.2) is 0 Å². The summed E-state index contributed by atoms with van der Waals surface area (Å²) in [5.74, 6) is 0. The first kappa shape index (κ1) is 11.3. The van der Waals surface area contributed by atoms with Crippen molar-refractivity contribution in [2.45, 2.75) is 31.0 Å². The van der Waals surface area contributed by atoms with E-state index in [4.69, 9.17) is 15.2 Å². The van der Waals surface area contributed by atoms with Gasteiger partial charge in [-0.3, -0.25) is 4.90 Å². The van der Waals surface area contributed by atoms with Crippen molar-refractivity contribution in [3.05, 3.63) is 0 Å². The Labute approximate surface area is 91.7 Å². The minimum atomic E-state index is 0.0636. The zero-order valence-electron chi connectivity index (χ0n) is 9.58. The smallest absolute Gasteiger partial charge is 0.0845 e. The van der Waals surface area contributed by atoms with Crippen LogP contribution in [0.15, 0.2) is 0 Å². The van der Waals surface area contributed by atoms with Crippen LogP contribution in [0.4, 0.5) is 0 Å². The fourth-order valence-corrected chi connectivity index (χ4v) is 2.77. The molecule has 88 valence electrons. The summed E-state index contributed by atoms with van der Waals surface area (Å²) < 4.78 is 11.4. The Balaban J connectivity index is 1.90. The van der Waals surface area contributed by atoms with Crippen LogP contribution < -0.4 is 5.73 Å². The van der Waals surface area contributed by atoms with Gasteiger partial charge in [-0.2, -0.15) is 0 Å². The van der Waals surface area contributed by atoms with Gasteiger partial charge in [0, 0.05) is 46.3 Å². The van der Waals surface area contributed by atoms with E-state index in [0.29, 0.717) is 6.10 Å². The quantitative estimate of drug-likeness (QED) is 0.730. The van der Waals surface area contributed by atoms with Crippen LogP contribution in [0.2, 0.25) is 0 Å². The first-order chi connectivity index (χ1) is 7.28. The zero-order chi connectivity index (χ0) is 10.7. The van der Waals surface area contributed by atoms with Crippen LogP contribution in [0, 0.1) is 0 Å². The van der Waals surface area contributed by atoms with Gasteiger partial charge in [0.05, 0.1) is 11.7 Å². The van der Waals surface area contributed by atoms with Gasteiger partial charge < -0.3 is 15.2 Å². The average Bonchev–Trinajstić information content (AvgIpc) is 2.62. The van der Waals surface area contributed by atoms with Gasteiger partial charge in [-0.15, -0.1) is 0 Å². The predicted octanol–water partition coefficient (Wildman–Crippen LogP) is 0.215. The van der Waals surface area contributed by atoms with Crippen molar-refractivity contribution in [3.8, 4) is 0 Å². The number of hydrogen-bond donors (Lipinski definition) is 1. The SMILES string of the molecule is CO[C@H]1CCO[C@@]2(CCN(CCN)C2)C1. The summed E-state index contributed by atoms with van der Waals surface area (Å²) in [5, 5.41) is 0. The highest BCUT2D eigenvalue weighted by atomic mass is 16.5. The second-order valence-corrected chi connectivity index (χ2v) is 4.70. The molecule has 0 bridgehead atoms. The van der Waals surface area contributed by atoms with Gasteiger partial charge in [0.1, 0.15) is 0 Å². The van der Waals surface area contributed by atoms with Crippen molar-refractivity contribution in [2.75, 3.05) is 39.9 Å². The molecule has 2 saturated heterocycles. The Bertz CT molecular complexity index is 213. The first-order valence-corrected chi connectivity index (χ1v) is 5.87. The summed E-state index contributed by atoms with van der Waals surface area (Å²) >= 11 is 0. The molecule has 0 amide bonds. The molecule has 1 spiro atoms. The number of likely N-dealkylation sites (tertiary alicyclic amines) is 1. The van der Waals surface area contributed by atoms with Crippen LogP contribution in [-0.2, 0) is 9.47 Å². The van der Waals surface area contributed by atoms with Gasteiger partial charge in [-0.25, -0.2) is 0 Å². The molecule has 0 aromatic rings. The first-order valence-electron chi connectivity index (χ1n) is 5.87. The number of hydrogen-bond acceptors (Lipinski definition) is 4. The molecule has 2 rings (SSSR count). The van der Waals surface area contributed by atoms with Crippen molar-refractivity contribution >= 4 is 0 Å². The van der Waals surface area contributed by atoms with E-state index >= 15 is 0 Å². The Kier molecular flexibility index (Phi) is 3.61. The summed E-state index contributed by atoms with van der Waals surface area (Å²) in [4.78, 5) is 2.40. The monoisotopic (exact) mass is 214 g/mol. The maximum atomic E-state index is 5.97. The molecule has 0 aromatic carbocycles. The maximum Gasteiger partial charge on any atom is 0.0845 e. The highest BCUT2D eigenvalue weighted by Gasteiger charge is 2.42. The Morgan fingerprint density at radius 1 is 1.60 bits per heavy atom. The fraction of sp³-hybridized carbons (Fsp3) is 1.00. The summed E-state index contributed by atoms with van der Waals surface area (Å²) in [6.45, 7) is 4.72. The summed E-state index contributed by atoms with van der Waals surface area (Å²) in [7, 11) is 1.80. The molecule has 0 radical (unpaired) electrons. The minimum Gasteiger partial charge on any atom is -0.381 e. The van der Waals surface area contributed by atoms with Crippen LogP contribution in [-0.4, -0.2) is 56.5 Å². The van der Waals surface area contributed by atoms with E-state index in [9.17, 15) is 0 Å². The normalized spacial score (nSPS) is 37.6. The number of rotatable bonds is 3. The van der Waals surface area contributed by atoms with Gasteiger partial charge >= 0.3 is 0 Å². The molecule has 2 atom stereocenters. The van der Waals surface area contributed by atoms with E-state index < -0.39 is 0 Å². The van der Waals surface area contributed by atoms with E-state index in [1.807, 2.05) is 0 Å². The molecule has 2 heterocycles. The third kappa shape index (κ3) is 2.50. The van der Waals surface area contributed by atoms with Gasteiger partial charge in [0.2, 0.25) is 0 Å². The predicted molar refractivity (Wildman–Crippen MR) is 58.8 cm³/mol. The Morgan fingerprint density at radius 3 is 3.20 bits per heavy atom. The lowest BCUT2D eigenvalue weighted by molar-refractivity contribution is -0.119.